The van der Waals surface area contributed by atoms with E-state index in [1.165, 1.54) is 12.1 Å². The molecule has 0 aliphatic carbocycles. The first kappa shape index (κ1) is 15.0. The first-order valence-electron chi connectivity index (χ1n) is 6.15. The molecule has 110 valence electrons. The zero-order valence-corrected chi connectivity index (χ0v) is 12.0. The van der Waals surface area contributed by atoms with Crippen molar-refractivity contribution in [3.05, 3.63) is 57.1 Å². The predicted octanol–water partition coefficient (Wildman–Crippen LogP) is 3.10. The lowest BCUT2D eigenvalue weighted by Crippen LogP contribution is -2.13. The van der Waals surface area contributed by atoms with Gasteiger partial charge in [0.25, 0.3) is 0 Å². The molecule has 0 saturated carbocycles. The van der Waals surface area contributed by atoms with Gasteiger partial charge in [0.05, 0.1) is 11.0 Å². The molecular weight excluding hydrogens is 294 g/mol. The lowest BCUT2D eigenvalue weighted by molar-refractivity contribution is -0.384. The molecular formula is C13H14ClN5O2. The van der Waals surface area contributed by atoms with Crippen LogP contribution >= 0.6 is 11.6 Å². The van der Waals surface area contributed by atoms with E-state index in [9.17, 15) is 10.1 Å². The summed E-state index contributed by atoms with van der Waals surface area (Å²) in [5.74, 6) is 5.77. The van der Waals surface area contributed by atoms with Gasteiger partial charge in [-0.25, -0.2) is 10.8 Å². The molecule has 2 aromatic rings. The summed E-state index contributed by atoms with van der Waals surface area (Å²) < 4.78 is 0. The fourth-order valence-corrected chi connectivity index (χ4v) is 1.95. The number of nitrogens with two attached hydrogens (primary N) is 1. The molecule has 1 aromatic carbocycles. The Kier molecular flexibility index (Phi) is 4.56. The van der Waals surface area contributed by atoms with Crippen molar-refractivity contribution in [3.63, 3.8) is 0 Å². The average molecular weight is 308 g/mol. The maximum atomic E-state index is 11.0. The lowest BCUT2D eigenvalue weighted by Gasteiger charge is -2.15. The molecule has 0 spiro atoms. The number of benzene rings is 1. The van der Waals surface area contributed by atoms with Crippen molar-refractivity contribution in [2.75, 3.05) is 10.7 Å². The Labute approximate surface area is 126 Å². The largest absolute Gasteiger partial charge is 0.358 e. The summed E-state index contributed by atoms with van der Waals surface area (Å²) in [5, 5.41) is 14.7. The van der Waals surface area contributed by atoms with Gasteiger partial charge in [-0.05, 0) is 30.7 Å². The Bertz CT molecular complexity index is 648. The minimum Gasteiger partial charge on any atom is -0.358 e. The molecule has 0 saturated heterocycles. The molecule has 0 aliphatic rings. The zero-order valence-electron chi connectivity index (χ0n) is 11.2. The first-order valence-corrected chi connectivity index (χ1v) is 6.53. The summed E-state index contributed by atoms with van der Waals surface area (Å²) >= 11 is 5.84. The van der Waals surface area contributed by atoms with E-state index >= 15 is 0 Å². The minimum atomic E-state index is -0.496. The number of anilines is 2. The van der Waals surface area contributed by atoms with E-state index in [1.54, 1.807) is 12.1 Å². The van der Waals surface area contributed by atoms with E-state index in [2.05, 4.69) is 15.7 Å². The molecule has 1 unspecified atom stereocenters. The topological polar surface area (TPSA) is 106 Å². The van der Waals surface area contributed by atoms with Crippen LogP contribution < -0.4 is 16.6 Å². The summed E-state index contributed by atoms with van der Waals surface area (Å²) in [6.45, 7) is 1.87. The van der Waals surface area contributed by atoms with Gasteiger partial charge >= 0.3 is 5.69 Å². The van der Waals surface area contributed by atoms with Gasteiger partial charge in [0, 0.05) is 11.1 Å². The number of nitro groups is 1. The first-order chi connectivity index (χ1) is 10.0. The van der Waals surface area contributed by atoms with Crippen molar-refractivity contribution in [2.45, 2.75) is 13.0 Å². The molecule has 21 heavy (non-hydrogen) atoms. The molecule has 8 heteroatoms. The van der Waals surface area contributed by atoms with E-state index in [0.29, 0.717) is 10.8 Å². The summed E-state index contributed by atoms with van der Waals surface area (Å²) in [6.07, 6.45) is 0. The third-order valence-corrected chi connectivity index (χ3v) is 3.19. The SMILES string of the molecule is CC(Nc1nc(NN)ccc1[N+](=O)[O-])c1ccc(Cl)cc1. The van der Waals surface area contributed by atoms with Crippen LogP contribution in [0.2, 0.25) is 5.02 Å². The number of nitrogens with one attached hydrogen (secondary N) is 2. The number of aromatic nitrogens is 1. The number of nitrogen functional groups attached to an aromatic ring is 1. The van der Waals surface area contributed by atoms with Gasteiger partial charge in [0.2, 0.25) is 5.82 Å². The normalized spacial score (nSPS) is 11.8. The second-order valence-electron chi connectivity index (χ2n) is 4.38. The Morgan fingerprint density at radius 2 is 1.95 bits per heavy atom. The van der Waals surface area contributed by atoms with E-state index in [0.717, 1.165) is 5.56 Å². The van der Waals surface area contributed by atoms with Crippen LogP contribution in [0.3, 0.4) is 0 Å². The quantitative estimate of drug-likeness (QED) is 0.445. The van der Waals surface area contributed by atoms with Gasteiger partial charge in [-0.1, -0.05) is 23.7 Å². The Morgan fingerprint density at radius 3 is 2.52 bits per heavy atom. The zero-order chi connectivity index (χ0) is 15.4. The van der Waals surface area contributed by atoms with Gasteiger partial charge in [0.1, 0.15) is 5.82 Å². The van der Waals surface area contributed by atoms with Crippen molar-refractivity contribution < 1.29 is 4.92 Å². The van der Waals surface area contributed by atoms with Crippen LogP contribution in [-0.2, 0) is 0 Å². The Hall–Kier alpha value is -2.38. The van der Waals surface area contributed by atoms with E-state index in [-0.39, 0.29) is 17.5 Å². The van der Waals surface area contributed by atoms with Crippen molar-refractivity contribution in [1.82, 2.24) is 4.98 Å². The molecule has 0 fully saturated rings. The van der Waals surface area contributed by atoms with Crippen molar-refractivity contribution in [2.24, 2.45) is 5.84 Å². The van der Waals surface area contributed by atoms with Gasteiger partial charge in [-0.3, -0.25) is 10.1 Å². The van der Waals surface area contributed by atoms with Crippen LogP contribution in [0.5, 0.6) is 0 Å². The monoisotopic (exact) mass is 307 g/mol. The molecule has 7 nitrogen and oxygen atoms in total. The van der Waals surface area contributed by atoms with E-state index < -0.39 is 4.92 Å². The molecule has 2 rings (SSSR count). The standard InChI is InChI=1S/C13H14ClN5O2/c1-8(9-2-4-10(14)5-3-9)16-13-11(19(20)21)6-7-12(17-13)18-15/h2-8H,15H2,1H3,(H2,16,17,18). The second kappa shape index (κ2) is 6.38. The summed E-state index contributed by atoms with van der Waals surface area (Å²) in [7, 11) is 0. The van der Waals surface area contributed by atoms with Crippen molar-refractivity contribution >= 4 is 28.9 Å². The smallest absolute Gasteiger partial charge is 0.311 e. The minimum absolute atomic E-state index is 0.116. The number of rotatable bonds is 5. The van der Waals surface area contributed by atoms with Crippen LogP contribution in [0.4, 0.5) is 17.3 Å². The predicted molar refractivity (Wildman–Crippen MR) is 82.2 cm³/mol. The maximum absolute atomic E-state index is 11.0. The van der Waals surface area contributed by atoms with Crippen LogP contribution in [0.1, 0.15) is 18.5 Å². The van der Waals surface area contributed by atoms with Gasteiger partial charge in [-0.15, -0.1) is 0 Å². The summed E-state index contributed by atoms with van der Waals surface area (Å²) in [5.41, 5.74) is 3.18. The molecule has 0 bridgehead atoms. The third-order valence-electron chi connectivity index (χ3n) is 2.94. The Morgan fingerprint density at radius 1 is 1.29 bits per heavy atom. The van der Waals surface area contributed by atoms with E-state index in [4.69, 9.17) is 17.4 Å². The number of halogens is 1. The molecule has 1 aromatic heterocycles. The van der Waals surface area contributed by atoms with Gasteiger partial charge in [0.15, 0.2) is 0 Å². The number of hydrogen-bond acceptors (Lipinski definition) is 6. The number of hydrogen-bond donors (Lipinski definition) is 3. The molecule has 0 amide bonds. The average Bonchev–Trinajstić information content (AvgIpc) is 2.47. The number of nitrogens with zero attached hydrogens (tertiary/aromatic N) is 2. The fourth-order valence-electron chi connectivity index (χ4n) is 1.83. The van der Waals surface area contributed by atoms with Crippen LogP contribution in [0.25, 0.3) is 0 Å². The van der Waals surface area contributed by atoms with Crippen LogP contribution in [0.15, 0.2) is 36.4 Å². The highest BCUT2D eigenvalue weighted by Crippen LogP contribution is 2.28. The lowest BCUT2D eigenvalue weighted by atomic mass is 10.1. The summed E-state index contributed by atoms with van der Waals surface area (Å²) in [6, 6.07) is 9.81. The third kappa shape index (κ3) is 3.59. The van der Waals surface area contributed by atoms with Crippen molar-refractivity contribution in [1.29, 1.82) is 0 Å². The maximum Gasteiger partial charge on any atom is 0.311 e. The molecule has 0 aliphatic heterocycles. The highest BCUT2D eigenvalue weighted by Gasteiger charge is 2.18. The van der Waals surface area contributed by atoms with Crippen LogP contribution in [0, 0.1) is 10.1 Å². The van der Waals surface area contributed by atoms with Crippen LogP contribution in [-0.4, -0.2) is 9.91 Å². The summed E-state index contributed by atoms with van der Waals surface area (Å²) in [4.78, 5) is 14.6. The number of hydrazine groups is 1. The second-order valence-corrected chi connectivity index (χ2v) is 4.82. The Balaban J connectivity index is 2.28. The van der Waals surface area contributed by atoms with E-state index in [1.807, 2.05) is 19.1 Å². The highest BCUT2D eigenvalue weighted by molar-refractivity contribution is 6.30. The molecule has 1 heterocycles. The molecule has 0 radical (unpaired) electrons. The highest BCUT2D eigenvalue weighted by atomic mass is 35.5. The van der Waals surface area contributed by atoms with Gasteiger partial charge < -0.3 is 10.7 Å². The molecule has 4 N–H and O–H groups in total. The van der Waals surface area contributed by atoms with Gasteiger partial charge in [-0.2, -0.15) is 0 Å². The molecule has 1 atom stereocenters. The van der Waals surface area contributed by atoms with Crippen molar-refractivity contribution in [3.8, 4) is 0 Å². The number of pyridine rings is 1. The fraction of sp³-hybridized carbons (Fsp3) is 0.154.